The smallest absolute Gasteiger partial charge is 0.253 e. The van der Waals surface area contributed by atoms with Gasteiger partial charge in [-0.3, -0.25) is 9.59 Å². The highest BCUT2D eigenvalue weighted by molar-refractivity contribution is 7.99. The van der Waals surface area contributed by atoms with Crippen molar-refractivity contribution in [3.63, 3.8) is 0 Å². The molecule has 3 aromatic rings. The molecule has 0 radical (unpaired) electrons. The number of amides is 2. The van der Waals surface area contributed by atoms with Crippen LogP contribution in [0.5, 0.6) is 0 Å². The minimum absolute atomic E-state index is 0.113. The Balaban J connectivity index is 1.68. The molecule has 1 aromatic heterocycles. The second-order valence-electron chi connectivity index (χ2n) is 7.36. The van der Waals surface area contributed by atoms with Crippen LogP contribution < -0.4 is 10.6 Å². The lowest BCUT2D eigenvalue weighted by Crippen LogP contribution is -2.29. The van der Waals surface area contributed by atoms with Gasteiger partial charge in [0.1, 0.15) is 0 Å². The van der Waals surface area contributed by atoms with Gasteiger partial charge in [0.2, 0.25) is 5.91 Å². The van der Waals surface area contributed by atoms with Gasteiger partial charge in [-0.05, 0) is 49.7 Å². The van der Waals surface area contributed by atoms with Gasteiger partial charge in [0, 0.05) is 22.3 Å². The third kappa shape index (κ3) is 6.54. The Morgan fingerprint density at radius 2 is 1.91 bits per heavy atom. The van der Waals surface area contributed by atoms with E-state index in [9.17, 15) is 9.59 Å². The summed E-state index contributed by atoms with van der Waals surface area (Å²) in [5.41, 5.74) is 1.85. The SMILES string of the molecule is C=CCn1c(SCC(=O)Nc2ccc(C)c(Cl)c2)nnc1C(C)NC(=O)c1ccc(Cl)cc1Cl. The molecule has 2 amide bonds. The summed E-state index contributed by atoms with van der Waals surface area (Å²) in [6.45, 7) is 7.86. The molecule has 0 bridgehead atoms. The summed E-state index contributed by atoms with van der Waals surface area (Å²) in [7, 11) is 0. The summed E-state index contributed by atoms with van der Waals surface area (Å²) >= 11 is 19.4. The van der Waals surface area contributed by atoms with Crippen LogP contribution in [0.4, 0.5) is 5.69 Å². The number of hydrogen-bond acceptors (Lipinski definition) is 5. The van der Waals surface area contributed by atoms with Crippen LogP contribution in [0.25, 0.3) is 0 Å². The van der Waals surface area contributed by atoms with Crippen molar-refractivity contribution in [2.24, 2.45) is 0 Å². The van der Waals surface area contributed by atoms with Crippen LogP contribution in [0.15, 0.2) is 54.2 Å². The van der Waals surface area contributed by atoms with Crippen molar-refractivity contribution in [1.29, 1.82) is 0 Å². The lowest BCUT2D eigenvalue weighted by atomic mass is 10.2. The minimum Gasteiger partial charge on any atom is -0.342 e. The van der Waals surface area contributed by atoms with Crippen molar-refractivity contribution >= 4 is 64.1 Å². The van der Waals surface area contributed by atoms with E-state index in [1.54, 1.807) is 41.8 Å². The topological polar surface area (TPSA) is 88.9 Å². The molecule has 11 heteroatoms. The standard InChI is InChI=1S/C23H22Cl3N5O2S/c1-4-9-31-21(14(3)27-22(33)17-8-6-15(24)10-19(17)26)29-30-23(31)34-12-20(32)28-16-7-5-13(2)18(25)11-16/h4-8,10-11,14H,1,9,12H2,2-3H3,(H,27,33)(H,28,32). The number of carbonyl (C=O) groups excluding carboxylic acids is 2. The highest BCUT2D eigenvalue weighted by Gasteiger charge is 2.21. The van der Waals surface area contributed by atoms with Crippen LogP contribution in [-0.4, -0.2) is 32.3 Å². The van der Waals surface area contributed by atoms with E-state index in [-0.39, 0.29) is 22.6 Å². The lowest BCUT2D eigenvalue weighted by Gasteiger charge is -2.16. The van der Waals surface area contributed by atoms with E-state index >= 15 is 0 Å². The Hall–Kier alpha value is -2.52. The zero-order chi connectivity index (χ0) is 24.8. The second kappa shape index (κ2) is 11.8. The number of benzene rings is 2. The molecule has 0 saturated carbocycles. The number of rotatable bonds is 9. The lowest BCUT2D eigenvalue weighted by molar-refractivity contribution is -0.113. The molecule has 2 aromatic carbocycles. The van der Waals surface area contributed by atoms with Crippen molar-refractivity contribution in [2.45, 2.75) is 31.6 Å². The Labute approximate surface area is 216 Å². The first-order valence-corrected chi connectivity index (χ1v) is 12.3. The van der Waals surface area contributed by atoms with E-state index in [0.717, 1.165) is 5.56 Å². The number of aryl methyl sites for hydroxylation is 1. The molecule has 34 heavy (non-hydrogen) atoms. The predicted octanol–water partition coefficient (Wildman–Crippen LogP) is 5.95. The van der Waals surface area contributed by atoms with Gasteiger partial charge in [0.15, 0.2) is 11.0 Å². The number of carbonyl (C=O) groups is 2. The van der Waals surface area contributed by atoms with Crippen LogP contribution in [-0.2, 0) is 11.3 Å². The fraction of sp³-hybridized carbons (Fsp3) is 0.217. The fourth-order valence-electron chi connectivity index (χ4n) is 3.04. The Morgan fingerprint density at radius 3 is 2.59 bits per heavy atom. The number of thioether (sulfide) groups is 1. The highest BCUT2D eigenvalue weighted by Crippen LogP contribution is 2.24. The fourth-order valence-corrected chi connectivity index (χ4v) is 4.47. The first-order valence-electron chi connectivity index (χ1n) is 10.2. The van der Waals surface area contributed by atoms with Gasteiger partial charge in [-0.15, -0.1) is 16.8 Å². The molecular weight excluding hydrogens is 517 g/mol. The third-order valence-electron chi connectivity index (χ3n) is 4.76. The maximum atomic E-state index is 12.7. The molecule has 0 aliphatic rings. The zero-order valence-electron chi connectivity index (χ0n) is 18.4. The van der Waals surface area contributed by atoms with Gasteiger partial charge >= 0.3 is 0 Å². The monoisotopic (exact) mass is 537 g/mol. The van der Waals surface area contributed by atoms with Gasteiger partial charge in [-0.1, -0.05) is 58.7 Å². The van der Waals surface area contributed by atoms with Crippen LogP contribution in [0.3, 0.4) is 0 Å². The minimum atomic E-state index is -0.482. The van der Waals surface area contributed by atoms with E-state index in [4.69, 9.17) is 34.8 Å². The van der Waals surface area contributed by atoms with Crippen LogP contribution in [0.1, 0.15) is 34.7 Å². The number of anilines is 1. The normalized spacial score (nSPS) is 11.7. The van der Waals surface area contributed by atoms with Crippen LogP contribution in [0.2, 0.25) is 15.1 Å². The summed E-state index contributed by atoms with van der Waals surface area (Å²) in [4.78, 5) is 25.1. The molecule has 0 spiro atoms. The van der Waals surface area contributed by atoms with Gasteiger partial charge in [0.25, 0.3) is 5.91 Å². The van der Waals surface area contributed by atoms with Crippen molar-refractivity contribution < 1.29 is 9.59 Å². The van der Waals surface area contributed by atoms with E-state index < -0.39 is 6.04 Å². The Bertz CT molecular complexity index is 1230. The number of nitrogens with one attached hydrogen (secondary N) is 2. The Kier molecular flexibility index (Phi) is 9.02. The summed E-state index contributed by atoms with van der Waals surface area (Å²) in [6.07, 6.45) is 1.69. The first-order chi connectivity index (χ1) is 16.2. The molecule has 178 valence electrons. The van der Waals surface area contributed by atoms with Gasteiger partial charge in [-0.25, -0.2) is 0 Å². The molecule has 7 nitrogen and oxygen atoms in total. The van der Waals surface area contributed by atoms with E-state index in [0.29, 0.717) is 38.8 Å². The Morgan fingerprint density at radius 1 is 1.15 bits per heavy atom. The third-order valence-corrected chi connectivity index (χ3v) is 6.68. The van der Waals surface area contributed by atoms with Crippen molar-refractivity contribution in [1.82, 2.24) is 20.1 Å². The zero-order valence-corrected chi connectivity index (χ0v) is 21.5. The average molecular weight is 539 g/mol. The van der Waals surface area contributed by atoms with Gasteiger partial charge in [0.05, 0.1) is 22.4 Å². The predicted molar refractivity (Wildman–Crippen MR) is 138 cm³/mol. The summed E-state index contributed by atoms with van der Waals surface area (Å²) in [5, 5.41) is 15.9. The van der Waals surface area contributed by atoms with Crippen LogP contribution >= 0.6 is 46.6 Å². The highest BCUT2D eigenvalue weighted by atomic mass is 35.5. The quantitative estimate of drug-likeness (QED) is 0.259. The number of hydrogen-bond donors (Lipinski definition) is 2. The largest absolute Gasteiger partial charge is 0.342 e. The van der Waals surface area contributed by atoms with Crippen molar-refractivity contribution in [3.8, 4) is 0 Å². The first kappa shape index (κ1) is 26.1. The van der Waals surface area contributed by atoms with Crippen LogP contribution in [0, 0.1) is 6.92 Å². The van der Waals surface area contributed by atoms with E-state index in [2.05, 4.69) is 27.4 Å². The maximum absolute atomic E-state index is 12.7. The van der Waals surface area contributed by atoms with E-state index in [1.807, 2.05) is 13.0 Å². The molecule has 1 heterocycles. The van der Waals surface area contributed by atoms with Crippen molar-refractivity contribution in [2.75, 3.05) is 11.1 Å². The number of aromatic nitrogens is 3. The molecule has 0 fully saturated rings. The molecule has 0 saturated heterocycles. The van der Waals surface area contributed by atoms with Gasteiger partial charge in [-0.2, -0.15) is 0 Å². The van der Waals surface area contributed by atoms with Crippen molar-refractivity contribution in [3.05, 3.63) is 81.1 Å². The average Bonchev–Trinajstić information content (AvgIpc) is 3.17. The molecule has 1 unspecified atom stereocenters. The number of halogens is 3. The summed E-state index contributed by atoms with van der Waals surface area (Å²) in [5.74, 6) is 0.0552. The summed E-state index contributed by atoms with van der Waals surface area (Å²) in [6, 6.07) is 9.51. The van der Waals surface area contributed by atoms with E-state index in [1.165, 1.54) is 17.8 Å². The molecule has 1 atom stereocenters. The van der Waals surface area contributed by atoms with Gasteiger partial charge < -0.3 is 15.2 Å². The number of nitrogens with zero attached hydrogens (tertiary/aromatic N) is 3. The molecule has 0 aliphatic heterocycles. The molecule has 2 N–H and O–H groups in total. The number of allylic oxidation sites excluding steroid dienone is 1. The molecular formula is C23H22Cl3N5O2S. The molecule has 3 rings (SSSR count). The summed E-state index contributed by atoms with van der Waals surface area (Å²) < 4.78 is 1.79. The maximum Gasteiger partial charge on any atom is 0.253 e. The molecule has 0 aliphatic carbocycles. The second-order valence-corrected chi connectivity index (χ2v) is 9.55.